The molecule has 70 valence electrons. The second-order valence-electron chi connectivity index (χ2n) is 2.54. The number of carbonyl (C=O) groups is 1. The Morgan fingerprint density at radius 2 is 2.43 bits per heavy atom. The standard InChI is InChI=1S/C8H5N3O2S/c12-4-5-3-6(8(11-13)14-5)7-1-2-9-10-7/h1-4H,(H,9,10). The molecule has 0 atom stereocenters. The predicted molar refractivity (Wildman–Crippen MR) is 52.7 cm³/mol. The van der Waals surface area contributed by atoms with Crippen molar-refractivity contribution in [2.24, 2.45) is 5.18 Å². The van der Waals surface area contributed by atoms with E-state index in [-0.39, 0.29) is 5.00 Å². The lowest BCUT2D eigenvalue weighted by Crippen LogP contribution is -1.74. The SMILES string of the molecule is O=Cc1cc(-c2cc[nH]n2)c(N=O)s1. The Bertz CT molecular complexity index is 461. The number of carbonyl (C=O) groups excluding carboxylic acids is 1. The molecule has 2 heterocycles. The Morgan fingerprint density at radius 1 is 1.57 bits per heavy atom. The van der Waals surface area contributed by atoms with Gasteiger partial charge in [-0.15, -0.1) is 16.2 Å². The summed E-state index contributed by atoms with van der Waals surface area (Å²) in [6, 6.07) is 3.32. The number of aldehydes is 1. The number of nitroso groups, excluding NO2 is 1. The van der Waals surface area contributed by atoms with Gasteiger partial charge in [-0.1, -0.05) is 0 Å². The van der Waals surface area contributed by atoms with Gasteiger partial charge in [-0.2, -0.15) is 5.10 Å². The van der Waals surface area contributed by atoms with Crippen LogP contribution in [0.4, 0.5) is 5.00 Å². The third kappa shape index (κ3) is 1.35. The highest BCUT2D eigenvalue weighted by molar-refractivity contribution is 7.17. The maximum absolute atomic E-state index is 10.5. The van der Waals surface area contributed by atoms with Gasteiger partial charge in [0.15, 0.2) is 11.3 Å². The maximum atomic E-state index is 10.5. The van der Waals surface area contributed by atoms with Crippen LogP contribution in [-0.4, -0.2) is 16.5 Å². The molecule has 0 aliphatic rings. The average Bonchev–Trinajstić information content (AvgIpc) is 2.85. The van der Waals surface area contributed by atoms with Gasteiger partial charge in [-0.25, -0.2) is 0 Å². The molecule has 0 saturated heterocycles. The number of aromatic nitrogens is 2. The molecule has 0 fully saturated rings. The molecule has 0 bridgehead atoms. The average molecular weight is 207 g/mol. The molecule has 0 saturated carbocycles. The van der Waals surface area contributed by atoms with E-state index in [1.807, 2.05) is 0 Å². The Morgan fingerprint density at radius 3 is 3.00 bits per heavy atom. The van der Waals surface area contributed by atoms with E-state index in [2.05, 4.69) is 15.4 Å². The Hall–Kier alpha value is -1.82. The highest BCUT2D eigenvalue weighted by atomic mass is 32.1. The van der Waals surface area contributed by atoms with Crippen molar-refractivity contribution in [3.05, 3.63) is 28.1 Å². The molecule has 2 rings (SSSR count). The molecule has 2 aromatic heterocycles. The quantitative estimate of drug-likeness (QED) is 0.620. The van der Waals surface area contributed by atoms with Crippen LogP contribution in [0.1, 0.15) is 9.67 Å². The van der Waals surface area contributed by atoms with Crippen molar-refractivity contribution in [1.82, 2.24) is 10.2 Å². The third-order valence-corrected chi connectivity index (χ3v) is 2.64. The normalized spacial score (nSPS) is 10.0. The van der Waals surface area contributed by atoms with Crippen molar-refractivity contribution in [3.63, 3.8) is 0 Å². The minimum Gasteiger partial charge on any atom is -0.297 e. The van der Waals surface area contributed by atoms with Crippen LogP contribution in [0, 0.1) is 4.91 Å². The zero-order chi connectivity index (χ0) is 9.97. The zero-order valence-corrected chi connectivity index (χ0v) is 7.75. The van der Waals surface area contributed by atoms with E-state index in [0.29, 0.717) is 22.4 Å². The maximum Gasteiger partial charge on any atom is 0.170 e. The molecule has 0 amide bonds. The zero-order valence-electron chi connectivity index (χ0n) is 6.93. The summed E-state index contributed by atoms with van der Waals surface area (Å²) < 4.78 is 0. The van der Waals surface area contributed by atoms with Crippen molar-refractivity contribution in [2.45, 2.75) is 0 Å². The van der Waals surface area contributed by atoms with E-state index in [9.17, 15) is 9.70 Å². The number of rotatable bonds is 3. The summed E-state index contributed by atoms with van der Waals surface area (Å²) in [5.41, 5.74) is 1.21. The fraction of sp³-hybridized carbons (Fsp3) is 0. The first-order valence-electron chi connectivity index (χ1n) is 3.77. The Balaban J connectivity index is 2.56. The molecule has 1 N–H and O–H groups in total. The van der Waals surface area contributed by atoms with Crippen molar-refractivity contribution in [1.29, 1.82) is 0 Å². The molecule has 6 heteroatoms. The van der Waals surface area contributed by atoms with E-state index >= 15 is 0 Å². The fourth-order valence-corrected chi connectivity index (χ4v) is 1.88. The molecule has 14 heavy (non-hydrogen) atoms. The van der Waals surface area contributed by atoms with Crippen LogP contribution in [0.2, 0.25) is 0 Å². The van der Waals surface area contributed by atoms with Gasteiger partial charge in [-0.3, -0.25) is 9.89 Å². The number of hydrogen-bond acceptors (Lipinski definition) is 5. The van der Waals surface area contributed by atoms with Crippen LogP contribution in [0.3, 0.4) is 0 Å². The van der Waals surface area contributed by atoms with Crippen LogP contribution >= 0.6 is 11.3 Å². The first-order valence-corrected chi connectivity index (χ1v) is 4.59. The third-order valence-electron chi connectivity index (χ3n) is 1.71. The highest BCUT2D eigenvalue weighted by Crippen LogP contribution is 2.36. The molecule has 0 aliphatic heterocycles. The van der Waals surface area contributed by atoms with Crippen molar-refractivity contribution in [3.8, 4) is 11.3 Å². The largest absolute Gasteiger partial charge is 0.297 e. The van der Waals surface area contributed by atoms with E-state index in [1.54, 1.807) is 18.3 Å². The predicted octanol–water partition coefficient (Wildman–Crippen LogP) is 2.35. The van der Waals surface area contributed by atoms with Crippen LogP contribution in [0.5, 0.6) is 0 Å². The van der Waals surface area contributed by atoms with Gasteiger partial charge in [0.05, 0.1) is 10.6 Å². The van der Waals surface area contributed by atoms with Gasteiger partial charge >= 0.3 is 0 Å². The van der Waals surface area contributed by atoms with Crippen LogP contribution in [-0.2, 0) is 0 Å². The second kappa shape index (κ2) is 3.51. The highest BCUT2D eigenvalue weighted by Gasteiger charge is 2.12. The minimum absolute atomic E-state index is 0.277. The van der Waals surface area contributed by atoms with E-state index in [1.165, 1.54) is 0 Å². The van der Waals surface area contributed by atoms with Crippen molar-refractivity contribution in [2.75, 3.05) is 0 Å². The smallest absolute Gasteiger partial charge is 0.170 e. The molecular formula is C8H5N3O2S. The number of H-pyrrole nitrogens is 1. The molecule has 0 radical (unpaired) electrons. The first-order chi connectivity index (χ1) is 6.85. The summed E-state index contributed by atoms with van der Waals surface area (Å²) in [6.07, 6.45) is 2.33. The second-order valence-corrected chi connectivity index (χ2v) is 3.60. The molecule has 0 aliphatic carbocycles. The first kappa shape index (κ1) is 8.76. The fourth-order valence-electron chi connectivity index (χ4n) is 1.12. The van der Waals surface area contributed by atoms with Gasteiger partial charge in [0.2, 0.25) is 0 Å². The summed E-state index contributed by atoms with van der Waals surface area (Å²) >= 11 is 1.06. The number of thiophene rings is 1. The monoisotopic (exact) mass is 207 g/mol. The summed E-state index contributed by atoms with van der Waals surface area (Å²) in [7, 11) is 0. The van der Waals surface area contributed by atoms with Gasteiger partial charge < -0.3 is 0 Å². The molecule has 2 aromatic rings. The number of nitrogens with one attached hydrogen (secondary N) is 1. The molecular weight excluding hydrogens is 202 g/mol. The minimum atomic E-state index is 0.277. The van der Waals surface area contributed by atoms with Gasteiger partial charge in [0, 0.05) is 11.8 Å². The van der Waals surface area contributed by atoms with Crippen molar-refractivity contribution >= 4 is 22.6 Å². The number of nitrogens with zero attached hydrogens (tertiary/aromatic N) is 2. The molecule has 0 spiro atoms. The summed E-state index contributed by atoms with van der Waals surface area (Å²) in [5, 5.41) is 9.67. The number of aromatic amines is 1. The van der Waals surface area contributed by atoms with Gasteiger partial charge in [0.25, 0.3) is 0 Å². The van der Waals surface area contributed by atoms with Crippen LogP contribution in [0.25, 0.3) is 11.3 Å². The van der Waals surface area contributed by atoms with Gasteiger partial charge in [0.1, 0.15) is 0 Å². The molecule has 5 nitrogen and oxygen atoms in total. The van der Waals surface area contributed by atoms with Crippen LogP contribution in [0.15, 0.2) is 23.5 Å². The lowest BCUT2D eigenvalue weighted by Gasteiger charge is -1.88. The van der Waals surface area contributed by atoms with Crippen LogP contribution < -0.4 is 0 Å². The topological polar surface area (TPSA) is 75.2 Å². The summed E-state index contributed by atoms with van der Waals surface area (Å²) in [4.78, 5) is 21.4. The van der Waals surface area contributed by atoms with E-state index in [0.717, 1.165) is 11.3 Å². The van der Waals surface area contributed by atoms with E-state index < -0.39 is 0 Å². The number of hydrogen-bond donors (Lipinski definition) is 1. The Labute approximate surface area is 82.7 Å². The summed E-state index contributed by atoms with van der Waals surface area (Å²) in [6.45, 7) is 0. The van der Waals surface area contributed by atoms with Crippen molar-refractivity contribution < 1.29 is 4.79 Å². The Kier molecular flexibility index (Phi) is 2.19. The lowest BCUT2D eigenvalue weighted by atomic mass is 10.2. The molecule has 0 aromatic carbocycles. The lowest BCUT2D eigenvalue weighted by molar-refractivity contribution is 0.112. The molecule has 0 unspecified atom stereocenters. The summed E-state index contributed by atoms with van der Waals surface area (Å²) in [5.74, 6) is 0. The van der Waals surface area contributed by atoms with Gasteiger partial charge in [-0.05, 0) is 17.3 Å². The van der Waals surface area contributed by atoms with E-state index in [4.69, 9.17) is 0 Å².